The zero-order valence-corrected chi connectivity index (χ0v) is 20.8. The molecule has 3 amide bonds. The molecule has 0 radical (unpaired) electrons. The third-order valence-corrected chi connectivity index (χ3v) is 5.72. The van der Waals surface area contributed by atoms with Crippen LogP contribution in [0.15, 0.2) is 4.99 Å². The first kappa shape index (κ1) is 30.6. The lowest BCUT2D eigenvalue weighted by molar-refractivity contribution is -0.144. The van der Waals surface area contributed by atoms with E-state index in [4.69, 9.17) is 22.3 Å². The number of carboxylic acid groups (broad SMARTS) is 2. The van der Waals surface area contributed by atoms with Crippen molar-refractivity contribution in [2.75, 3.05) is 13.1 Å². The number of likely N-dealkylation sites (tertiary alicyclic amines) is 1. The van der Waals surface area contributed by atoms with Crippen molar-refractivity contribution >= 4 is 35.6 Å². The molecule has 0 aromatic carbocycles. The zero-order chi connectivity index (χ0) is 27.4. The van der Waals surface area contributed by atoms with Crippen LogP contribution in [0.25, 0.3) is 0 Å². The van der Waals surface area contributed by atoms with Crippen LogP contribution in [0.5, 0.6) is 0 Å². The Balaban J connectivity index is 2.84. The van der Waals surface area contributed by atoms with Crippen LogP contribution in [0.4, 0.5) is 0 Å². The molecule has 1 rings (SSSR count). The second-order valence-electron chi connectivity index (χ2n) is 9.27. The van der Waals surface area contributed by atoms with Crippen molar-refractivity contribution in [2.45, 2.75) is 83.0 Å². The van der Waals surface area contributed by atoms with Crippen LogP contribution < -0.4 is 27.8 Å². The molecule has 1 fully saturated rings. The van der Waals surface area contributed by atoms with E-state index in [0.29, 0.717) is 38.8 Å². The van der Waals surface area contributed by atoms with Gasteiger partial charge in [-0.1, -0.05) is 13.8 Å². The van der Waals surface area contributed by atoms with Crippen molar-refractivity contribution in [3.63, 3.8) is 0 Å². The number of amides is 3. The minimum Gasteiger partial charge on any atom is -0.481 e. The van der Waals surface area contributed by atoms with Crippen LogP contribution in [-0.4, -0.2) is 88.0 Å². The van der Waals surface area contributed by atoms with Crippen LogP contribution in [-0.2, 0) is 24.0 Å². The molecule has 4 atom stereocenters. The Morgan fingerprint density at radius 2 is 1.72 bits per heavy atom. The van der Waals surface area contributed by atoms with Gasteiger partial charge in [0.2, 0.25) is 17.7 Å². The summed E-state index contributed by atoms with van der Waals surface area (Å²) >= 11 is 0. The maximum absolute atomic E-state index is 13.1. The van der Waals surface area contributed by atoms with Gasteiger partial charge in [0.05, 0.1) is 6.04 Å². The van der Waals surface area contributed by atoms with E-state index >= 15 is 0 Å². The lowest BCUT2D eigenvalue weighted by Gasteiger charge is -2.29. The van der Waals surface area contributed by atoms with Gasteiger partial charge in [-0.25, -0.2) is 4.79 Å². The predicted molar refractivity (Wildman–Crippen MR) is 130 cm³/mol. The van der Waals surface area contributed by atoms with Gasteiger partial charge in [-0.2, -0.15) is 0 Å². The summed E-state index contributed by atoms with van der Waals surface area (Å²) in [6, 6.07) is -4.13. The Labute approximate surface area is 210 Å². The minimum atomic E-state index is -1.42. The molecule has 1 saturated heterocycles. The first-order chi connectivity index (χ1) is 16.8. The highest BCUT2D eigenvalue weighted by molar-refractivity contribution is 5.94. The number of carboxylic acids is 2. The summed E-state index contributed by atoms with van der Waals surface area (Å²) in [6.07, 6.45) is 1.26. The predicted octanol–water partition coefficient (Wildman–Crippen LogP) is -1.68. The molecule has 0 bridgehead atoms. The quantitative estimate of drug-likeness (QED) is 0.0744. The number of rotatable bonds is 15. The molecule has 14 nitrogen and oxygen atoms in total. The van der Waals surface area contributed by atoms with Gasteiger partial charge in [-0.15, -0.1) is 0 Å². The fraction of sp³-hybridized carbons (Fsp3) is 0.727. The number of guanidine groups is 1. The molecule has 204 valence electrons. The fourth-order valence-electron chi connectivity index (χ4n) is 3.93. The number of aliphatic carboxylic acids is 2. The van der Waals surface area contributed by atoms with Gasteiger partial charge in [-0.05, 0) is 44.4 Å². The summed E-state index contributed by atoms with van der Waals surface area (Å²) in [5.74, 6) is -4.30. The molecule has 1 aliphatic rings. The van der Waals surface area contributed by atoms with Crippen molar-refractivity contribution < 1.29 is 34.2 Å². The number of carbonyl (C=O) groups excluding carboxylic acids is 3. The lowest BCUT2D eigenvalue weighted by atomic mass is 10.0. The molecule has 1 aliphatic heterocycles. The van der Waals surface area contributed by atoms with Crippen LogP contribution >= 0.6 is 0 Å². The van der Waals surface area contributed by atoms with Gasteiger partial charge in [0, 0.05) is 19.5 Å². The molecule has 0 aromatic heterocycles. The molecule has 0 saturated carbocycles. The molecule has 36 heavy (non-hydrogen) atoms. The van der Waals surface area contributed by atoms with Crippen molar-refractivity contribution in [3.8, 4) is 0 Å². The first-order valence-electron chi connectivity index (χ1n) is 12.0. The highest BCUT2D eigenvalue weighted by atomic mass is 16.4. The normalized spacial score (nSPS) is 17.7. The lowest BCUT2D eigenvalue weighted by Crippen LogP contribution is -2.56. The maximum atomic E-state index is 13.1. The van der Waals surface area contributed by atoms with Gasteiger partial charge in [-0.3, -0.25) is 24.2 Å². The second kappa shape index (κ2) is 14.9. The molecule has 4 unspecified atom stereocenters. The average Bonchev–Trinajstić information content (AvgIpc) is 3.27. The van der Waals surface area contributed by atoms with E-state index in [-0.39, 0.29) is 30.6 Å². The van der Waals surface area contributed by atoms with E-state index in [9.17, 15) is 29.1 Å². The average molecular weight is 514 g/mol. The molecule has 10 N–H and O–H groups in total. The van der Waals surface area contributed by atoms with Crippen LogP contribution in [0.2, 0.25) is 0 Å². The van der Waals surface area contributed by atoms with Gasteiger partial charge in [0.25, 0.3) is 0 Å². The highest BCUT2D eigenvalue weighted by Gasteiger charge is 2.38. The monoisotopic (exact) mass is 513 g/mol. The van der Waals surface area contributed by atoms with E-state index in [2.05, 4.69) is 15.6 Å². The maximum Gasteiger partial charge on any atom is 0.326 e. The highest BCUT2D eigenvalue weighted by Crippen LogP contribution is 2.20. The second-order valence-corrected chi connectivity index (χ2v) is 9.27. The molecule has 0 spiro atoms. The number of nitrogens with one attached hydrogen (secondary N) is 2. The Morgan fingerprint density at radius 1 is 1.06 bits per heavy atom. The number of nitrogens with zero attached hydrogens (tertiary/aromatic N) is 2. The summed E-state index contributed by atoms with van der Waals surface area (Å²) in [5, 5.41) is 23.1. The SMILES string of the molecule is CC(C)CC(NC(=O)C1CCCN1C(=O)C(N)CCCN=C(N)N)C(=O)NC(CCC(=O)O)C(=O)O. The van der Waals surface area contributed by atoms with E-state index in [1.165, 1.54) is 4.90 Å². The van der Waals surface area contributed by atoms with Crippen molar-refractivity contribution in [3.05, 3.63) is 0 Å². The Morgan fingerprint density at radius 3 is 2.28 bits per heavy atom. The number of hydrogen-bond acceptors (Lipinski definition) is 7. The van der Waals surface area contributed by atoms with E-state index in [0.717, 1.165) is 0 Å². The van der Waals surface area contributed by atoms with E-state index in [1.807, 2.05) is 13.8 Å². The molecule has 14 heteroatoms. The zero-order valence-electron chi connectivity index (χ0n) is 20.8. The van der Waals surface area contributed by atoms with Crippen molar-refractivity contribution in [1.29, 1.82) is 0 Å². The first-order valence-corrected chi connectivity index (χ1v) is 12.0. The summed E-state index contributed by atoms with van der Waals surface area (Å²) in [5.41, 5.74) is 16.6. The largest absolute Gasteiger partial charge is 0.481 e. The van der Waals surface area contributed by atoms with Gasteiger partial charge < -0.3 is 42.9 Å². The van der Waals surface area contributed by atoms with Gasteiger partial charge in [0.1, 0.15) is 18.1 Å². The molecule has 0 aliphatic carbocycles. The van der Waals surface area contributed by atoms with Gasteiger partial charge in [0.15, 0.2) is 5.96 Å². The fourth-order valence-corrected chi connectivity index (χ4v) is 3.93. The summed E-state index contributed by atoms with van der Waals surface area (Å²) in [4.78, 5) is 66.3. The third kappa shape index (κ3) is 10.5. The summed E-state index contributed by atoms with van der Waals surface area (Å²) in [7, 11) is 0. The molecule has 1 heterocycles. The topological polar surface area (TPSA) is 244 Å². The number of aliphatic imine (C=N–C) groups is 1. The Hall–Kier alpha value is -3.42. The van der Waals surface area contributed by atoms with Crippen molar-refractivity contribution in [1.82, 2.24) is 15.5 Å². The molecular weight excluding hydrogens is 474 g/mol. The number of hydrogen-bond donors (Lipinski definition) is 7. The van der Waals surface area contributed by atoms with E-state index in [1.54, 1.807) is 0 Å². The summed E-state index contributed by atoms with van der Waals surface area (Å²) in [6.45, 7) is 4.33. The Bertz CT molecular complexity index is 830. The van der Waals surface area contributed by atoms with Crippen LogP contribution in [0.1, 0.15) is 58.8 Å². The number of nitrogens with two attached hydrogens (primary N) is 3. The van der Waals surface area contributed by atoms with Crippen LogP contribution in [0.3, 0.4) is 0 Å². The van der Waals surface area contributed by atoms with E-state index < -0.39 is 54.3 Å². The third-order valence-electron chi connectivity index (χ3n) is 5.72. The summed E-state index contributed by atoms with van der Waals surface area (Å²) < 4.78 is 0. The smallest absolute Gasteiger partial charge is 0.326 e. The number of carbonyl (C=O) groups is 5. The Kier molecular flexibility index (Phi) is 12.6. The van der Waals surface area contributed by atoms with Crippen LogP contribution in [0, 0.1) is 5.92 Å². The minimum absolute atomic E-state index is 0.0247. The molecule has 0 aromatic rings. The standard InChI is InChI=1S/C22H39N7O7/c1-12(2)11-15(18(32)27-14(21(35)36)7-8-17(30)31)28-19(33)16-6-4-10-29(16)20(34)13(23)5-3-9-26-22(24)25/h12-16H,3-11,23H2,1-2H3,(H,27,32)(H,28,33)(H,30,31)(H,35,36)(H4,24,25,26). The van der Waals surface area contributed by atoms with Crippen molar-refractivity contribution in [2.24, 2.45) is 28.1 Å². The van der Waals surface area contributed by atoms with Gasteiger partial charge >= 0.3 is 11.9 Å². The molecular formula is C22H39N7O7.